The Morgan fingerprint density at radius 1 is 1.21 bits per heavy atom. The highest BCUT2D eigenvalue weighted by molar-refractivity contribution is 5.83. The van der Waals surface area contributed by atoms with Gasteiger partial charge in [-0.2, -0.15) is 0 Å². The number of H-pyrrole nitrogens is 1. The minimum Gasteiger partial charge on any atom is -0.346 e. The largest absolute Gasteiger partial charge is 0.346 e. The standard InChI is InChI=1S/C27H37FN4O2/c1-3-21(33)7-5-4-6-8-23(25-29-18-24(30-25)19-9-11-20(28)12-10-19)31-26(34)22-17-27(22)13-15-32(2)16-14-27/h9-12,18,22-23H,3-8,13-17H2,1-2H3,(H,29,30)(H,31,34)/t22-,23+/m1/s1. The summed E-state index contributed by atoms with van der Waals surface area (Å²) >= 11 is 0. The van der Waals surface area contributed by atoms with Crippen molar-refractivity contribution in [2.45, 2.75) is 70.8 Å². The van der Waals surface area contributed by atoms with E-state index in [2.05, 4.69) is 27.2 Å². The van der Waals surface area contributed by atoms with Crippen LogP contribution in [0.4, 0.5) is 4.39 Å². The van der Waals surface area contributed by atoms with E-state index in [0.717, 1.165) is 75.1 Å². The van der Waals surface area contributed by atoms with E-state index in [1.165, 1.54) is 12.1 Å². The molecule has 2 aromatic rings. The molecule has 2 heterocycles. The van der Waals surface area contributed by atoms with Crippen LogP contribution >= 0.6 is 0 Å². The molecule has 1 amide bonds. The quantitative estimate of drug-likeness (QED) is 0.453. The molecule has 34 heavy (non-hydrogen) atoms. The summed E-state index contributed by atoms with van der Waals surface area (Å²) in [6, 6.07) is 6.10. The number of ketones is 1. The second-order valence-corrected chi connectivity index (χ2v) is 10.2. The van der Waals surface area contributed by atoms with Crippen LogP contribution in [0.25, 0.3) is 11.3 Å². The van der Waals surface area contributed by atoms with Crippen molar-refractivity contribution >= 4 is 11.7 Å². The second kappa shape index (κ2) is 10.8. The summed E-state index contributed by atoms with van der Waals surface area (Å²) in [4.78, 5) is 35.1. The van der Waals surface area contributed by atoms with Crippen molar-refractivity contribution in [1.29, 1.82) is 0 Å². The van der Waals surface area contributed by atoms with E-state index in [1.807, 2.05) is 6.92 Å². The molecule has 1 saturated carbocycles. The third kappa shape index (κ3) is 5.93. The predicted molar refractivity (Wildman–Crippen MR) is 131 cm³/mol. The lowest BCUT2D eigenvalue weighted by Crippen LogP contribution is -2.36. The molecule has 2 aliphatic rings. The van der Waals surface area contributed by atoms with Gasteiger partial charge in [0.25, 0.3) is 0 Å². The number of halogens is 1. The van der Waals surface area contributed by atoms with Crippen LogP contribution in [0.2, 0.25) is 0 Å². The summed E-state index contributed by atoms with van der Waals surface area (Å²) in [6.07, 6.45) is 9.64. The molecule has 1 spiro atoms. The number of amides is 1. The molecular weight excluding hydrogens is 431 g/mol. The van der Waals surface area contributed by atoms with Gasteiger partial charge in [-0.05, 0) is 87.5 Å². The van der Waals surface area contributed by atoms with E-state index in [9.17, 15) is 14.0 Å². The van der Waals surface area contributed by atoms with Gasteiger partial charge in [0, 0.05) is 18.8 Å². The predicted octanol–water partition coefficient (Wildman–Crippen LogP) is 5.03. The molecule has 184 valence electrons. The second-order valence-electron chi connectivity index (χ2n) is 10.2. The highest BCUT2D eigenvalue weighted by atomic mass is 19.1. The molecule has 0 bridgehead atoms. The van der Waals surface area contributed by atoms with Gasteiger partial charge in [0.1, 0.15) is 17.4 Å². The van der Waals surface area contributed by atoms with Crippen LogP contribution in [0.1, 0.15) is 76.6 Å². The van der Waals surface area contributed by atoms with Gasteiger partial charge in [0.15, 0.2) is 0 Å². The molecule has 7 heteroatoms. The number of nitrogens with zero attached hydrogens (tertiary/aromatic N) is 2. The Kier molecular flexibility index (Phi) is 7.81. The molecule has 1 aliphatic heterocycles. The Morgan fingerprint density at radius 2 is 1.94 bits per heavy atom. The zero-order chi connectivity index (χ0) is 24.1. The van der Waals surface area contributed by atoms with E-state index in [1.54, 1.807) is 18.3 Å². The van der Waals surface area contributed by atoms with Gasteiger partial charge in [0.05, 0.1) is 17.9 Å². The molecule has 1 aromatic heterocycles. The lowest BCUT2D eigenvalue weighted by atomic mass is 9.91. The first-order chi connectivity index (χ1) is 16.4. The lowest BCUT2D eigenvalue weighted by molar-refractivity contribution is -0.124. The van der Waals surface area contributed by atoms with E-state index in [4.69, 9.17) is 0 Å². The van der Waals surface area contributed by atoms with Crippen molar-refractivity contribution in [2.75, 3.05) is 20.1 Å². The van der Waals surface area contributed by atoms with Gasteiger partial charge >= 0.3 is 0 Å². The summed E-state index contributed by atoms with van der Waals surface area (Å²) in [6.45, 7) is 4.02. The highest BCUT2D eigenvalue weighted by Gasteiger charge is 2.58. The molecule has 2 fully saturated rings. The van der Waals surface area contributed by atoms with Gasteiger partial charge in [-0.1, -0.05) is 19.8 Å². The Hall–Kier alpha value is -2.54. The maximum Gasteiger partial charge on any atom is 0.224 e. The number of benzene rings is 1. The Bertz CT molecular complexity index is 979. The maximum absolute atomic E-state index is 13.3. The molecule has 6 nitrogen and oxygen atoms in total. The monoisotopic (exact) mass is 468 g/mol. The number of Topliss-reactive ketones (excluding diaryl/α,β-unsaturated/α-hetero) is 1. The average molecular weight is 469 g/mol. The molecule has 1 aliphatic carbocycles. The fourth-order valence-corrected chi connectivity index (χ4v) is 5.20. The van der Waals surface area contributed by atoms with E-state index in [0.29, 0.717) is 18.6 Å². The number of aromatic amines is 1. The van der Waals surface area contributed by atoms with Crippen molar-refractivity contribution < 1.29 is 14.0 Å². The molecule has 0 unspecified atom stereocenters. The Labute approximate surface area is 201 Å². The first-order valence-corrected chi connectivity index (χ1v) is 12.7. The SMILES string of the molecule is CCC(=O)CCCCC[C@H](NC(=O)[C@H]1CC12CCN(C)CC2)c1ncc(-c2ccc(F)cc2)[nH]1. The third-order valence-electron chi connectivity index (χ3n) is 7.73. The summed E-state index contributed by atoms with van der Waals surface area (Å²) in [5, 5.41) is 3.29. The van der Waals surface area contributed by atoms with E-state index >= 15 is 0 Å². The summed E-state index contributed by atoms with van der Waals surface area (Å²) in [7, 11) is 2.14. The number of hydrogen-bond acceptors (Lipinski definition) is 4. The minimum atomic E-state index is -0.276. The number of imidazole rings is 1. The number of carbonyl (C=O) groups excluding carboxylic acids is 2. The molecule has 0 radical (unpaired) electrons. The van der Waals surface area contributed by atoms with Gasteiger partial charge < -0.3 is 15.2 Å². The smallest absolute Gasteiger partial charge is 0.224 e. The normalized spacial score (nSPS) is 20.3. The van der Waals surface area contributed by atoms with Gasteiger partial charge in [-0.15, -0.1) is 0 Å². The number of likely N-dealkylation sites (tertiary alicyclic amines) is 1. The first-order valence-electron chi connectivity index (χ1n) is 12.7. The Balaban J connectivity index is 1.40. The maximum atomic E-state index is 13.3. The van der Waals surface area contributed by atoms with Crippen molar-refractivity contribution in [2.24, 2.45) is 11.3 Å². The number of hydrogen-bond donors (Lipinski definition) is 2. The van der Waals surface area contributed by atoms with Crippen LogP contribution in [0.15, 0.2) is 30.5 Å². The van der Waals surface area contributed by atoms with Crippen LogP contribution in [-0.2, 0) is 9.59 Å². The number of piperidine rings is 1. The van der Waals surface area contributed by atoms with E-state index < -0.39 is 0 Å². The van der Waals surface area contributed by atoms with Crippen LogP contribution < -0.4 is 5.32 Å². The number of rotatable bonds is 11. The molecule has 2 atom stereocenters. The number of carbonyl (C=O) groups is 2. The van der Waals surface area contributed by atoms with Crippen LogP contribution in [0.3, 0.4) is 0 Å². The van der Waals surface area contributed by atoms with Crippen molar-refractivity contribution in [3.05, 3.63) is 42.1 Å². The molecular formula is C27H37FN4O2. The summed E-state index contributed by atoms with van der Waals surface area (Å²) < 4.78 is 13.3. The fourth-order valence-electron chi connectivity index (χ4n) is 5.20. The van der Waals surface area contributed by atoms with Gasteiger partial charge in [0.2, 0.25) is 5.91 Å². The molecule has 1 saturated heterocycles. The zero-order valence-electron chi connectivity index (χ0n) is 20.4. The van der Waals surface area contributed by atoms with Crippen molar-refractivity contribution in [3.8, 4) is 11.3 Å². The summed E-state index contributed by atoms with van der Waals surface area (Å²) in [5.74, 6) is 0.989. The Morgan fingerprint density at radius 3 is 2.65 bits per heavy atom. The van der Waals surface area contributed by atoms with Crippen LogP contribution in [0.5, 0.6) is 0 Å². The molecule has 2 N–H and O–H groups in total. The molecule has 4 rings (SSSR count). The summed E-state index contributed by atoms with van der Waals surface area (Å²) in [5.41, 5.74) is 1.85. The number of unbranched alkanes of at least 4 members (excludes halogenated alkanes) is 2. The van der Waals surface area contributed by atoms with Crippen LogP contribution in [-0.4, -0.2) is 46.7 Å². The van der Waals surface area contributed by atoms with Crippen LogP contribution in [0, 0.1) is 17.2 Å². The number of nitrogens with one attached hydrogen (secondary N) is 2. The minimum absolute atomic E-state index is 0.0948. The van der Waals surface area contributed by atoms with Crippen molar-refractivity contribution in [3.63, 3.8) is 0 Å². The third-order valence-corrected chi connectivity index (χ3v) is 7.73. The highest BCUT2D eigenvalue weighted by Crippen LogP contribution is 2.59. The van der Waals surface area contributed by atoms with Crippen molar-refractivity contribution in [1.82, 2.24) is 20.2 Å². The topological polar surface area (TPSA) is 78.1 Å². The lowest BCUT2D eigenvalue weighted by Gasteiger charge is -2.30. The molecule has 1 aromatic carbocycles. The van der Waals surface area contributed by atoms with Gasteiger partial charge in [-0.25, -0.2) is 9.37 Å². The zero-order valence-corrected chi connectivity index (χ0v) is 20.4. The average Bonchev–Trinajstić information content (AvgIpc) is 3.32. The van der Waals surface area contributed by atoms with Gasteiger partial charge in [-0.3, -0.25) is 9.59 Å². The number of aromatic nitrogens is 2. The fraction of sp³-hybridized carbons (Fsp3) is 0.593. The first kappa shape index (κ1) is 24.6. The van der Waals surface area contributed by atoms with E-state index in [-0.39, 0.29) is 29.1 Å².